The number of hydrogen-bond acceptors (Lipinski definition) is 7. The second kappa shape index (κ2) is 7.99. The fraction of sp³-hybridized carbons (Fsp3) is 0.0417. The van der Waals surface area contributed by atoms with Crippen molar-refractivity contribution in [3.8, 4) is 34.1 Å². The van der Waals surface area contributed by atoms with Crippen molar-refractivity contribution in [2.45, 2.75) is 6.61 Å². The van der Waals surface area contributed by atoms with Crippen LogP contribution in [0.3, 0.4) is 0 Å². The summed E-state index contributed by atoms with van der Waals surface area (Å²) in [7, 11) is 0. The van der Waals surface area contributed by atoms with E-state index in [9.17, 15) is 14.3 Å². The minimum atomic E-state index is -0.352. The Bertz CT molecular complexity index is 1460. The van der Waals surface area contributed by atoms with Crippen molar-refractivity contribution >= 4 is 11.0 Å². The number of aromatic hydroxyl groups is 1. The molecule has 0 bridgehead atoms. The lowest BCUT2D eigenvalue weighted by Gasteiger charge is -2.06. The highest BCUT2D eigenvalue weighted by Gasteiger charge is 2.12. The summed E-state index contributed by atoms with van der Waals surface area (Å²) >= 11 is 0. The van der Waals surface area contributed by atoms with Gasteiger partial charge in [0, 0.05) is 11.6 Å². The predicted octanol–water partition coefficient (Wildman–Crippen LogP) is 4.93. The number of phenolic OH excluding ortho intramolecular Hbond substituents is 1. The molecule has 5 rings (SSSR count). The highest BCUT2D eigenvalue weighted by molar-refractivity contribution is 5.82. The summed E-state index contributed by atoms with van der Waals surface area (Å²) in [5, 5.41) is 17.7. The maximum absolute atomic E-state index is 13.1. The molecule has 8 heteroatoms. The molecule has 0 saturated carbocycles. The first-order valence-electron chi connectivity index (χ1n) is 9.63. The standard InChI is InChI=1S/C24H15FN2O5/c25-16-5-1-15(2-6-16)24-27-26-22(32-24)13-30-18-9-10-19-21(11-18)31-12-20(23(19)29)14-3-7-17(28)8-4-14/h1-12,28H,13H2. The number of aromatic nitrogens is 2. The van der Waals surface area contributed by atoms with E-state index >= 15 is 0 Å². The lowest BCUT2D eigenvalue weighted by Crippen LogP contribution is -2.05. The molecule has 32 heavy (non-hydrogen) atoms. The molecular formula is C24H15FN2O5. The summed E-state index contributed by atoms with van der Waals surface area (Å²) in [5.41, 5.74) is 1.82. The second-order valence-electron chi connectivity index (χ2n) is 6.98. The maximum atomic E-state index is 13.1. The number of fused-ring (bicyclic) bond motifs is 1. The van der Waals surface area contributed by atoms with Crippen molar-refractivity contribution in [3.05, 3.63) is 94.9 Å². The van der Waals surface area contributed by atoms with E-state index in [1.54, 1.807) is 42.5 Å². The summed E-state index contributed by atoms with van der Waals surface area (Å²) in [6.45, 7) is 0.00945. The summed E-state index contributed by atoms with van der Waals surface area (Å²) in [6, 6.07) is 16.9. The molecule has 2 aromatic heterocycles. The molecule has 0 fully saturated rings. The lowest BCUT2D eigenvalue weighted by molar-refractivity contribution is 0.264. The molecule has 0 atom stereocenters. The Hall–Kier alpha value is -4.46. The van der Waals surface area contributed by atoms with Crippen LogP contribution < -0.4 is 10.2 Å². The van der Waals surface area contributed by atoms with Gasteiger partial charge in [-0.15, -0.1) is 10.2 Å². The SMILES string of the molecule is O=c1c(-c2ccc(O)cc2)coc2cc(OCc3nnc(-c4ccc(F)cc4)o3)ccc12. The average molecular weight is 430 g/mol. The van der Waals surface area contributed by atoms with Gasteiger partial charge in [-0.05, 0) is 54.1 Å². The van der Waals surface area contributed by atoms with Crippen LogP contribution in [0.5, 0.6) is 11.5 Å². The van der Waals surface area contributed by atoms with Gasteiger partial charge in [0.25, 0.3) is 5.89 Å². The normalized spacial score (nSPS) is 11.0. The van der Waals surface area contributed by atoms with E-state index in [1.165, 1.54) is 30.5 Å². The Kier molecular flexibility index (Phi) is 4.87. The van der Waals surface area contributed by atoms with Gasteiger partial charge in [-0.25, -0.2) is 4.39 Å². The molecule has 7 nitrogen and oxygen atoms in total. The fourth-order valence-corrected chi connectivity index (χ4v) is 3.20. The molecule has 0 unspecified atom stereocenters. The first-order chi connectivity index (χ1) is 15.6. The van der Waals surface area contributed by atoms with Crippen molar-refractivity contribution in [1.82, 2.24) is 10.2 Å². The van der Waals surface area contributed by atoms with Gasteiger partial charge in [-0.2, -0.15) is 0 Å². The van der Waals surface area contributed by atoms with Crippen LogP contribution in [0, 0.1) is 5.82 Å². The van der Waals surface area contributed by atoms with Gasteiger partial charge < -0.3 is 18.7 Å². The molecule has 0 radical (unpaired) electrons. The van der Waals surface area contributed by atoms with Crippen LogP contribution in [-0.4, -0.2) is 15.3 Å². The van der Waals surface area contributed by atoms with Gasteiger partial charge in [-0.1, -0.05) is 12.1 Å². The summed E-state index contributed by atoms with van der Waals surface area (Å²) in [6.07, 6.45) is 1.38. The number of nitrogens with zero attached hydrogens (tertiary/aromatic N) is 2. The molecule has 0 aliphatic carbocycles. The van der Waals surface area contributed by atoms with Crippen molar-refractivity contribution < 1.29 is 23.1 Å². The van der Waals surface area contributed by atoms with Gasteiger partial charge in [0.15, 0.2) is 12.0 Å². The third-order valence-corrected chi connectivity index (χ3v) is 4.84. The van der Waals surface area contributed by atoms with Gasteiger partial charge in [0.1, 0.15) is 29.2 Å². The molecule has 2 heterocycles. The maximum Gasteiger partial charge on any atom is 0.254 e. The van der Waals surface area contributed by atoms with Crippen LogP contribution in [0.15, 0.2) is 86.6 Å². The third-order valence-electron chi connectivity index (χ3n) is 4.84. The molecule has 3 aromatic carbocycles. The summed E-state index contributed by atoms with van der Waals surface area (Å²) < 4.78 is 29.9. The Labute approximate surface area is 180 Å². The van der Waals surface area contributed by atoms with Gasteiger partial charge in [0.05, 0.1) is 10.9 Å². The number of halogens is 1. The van der Waals surface area contributed by atoms with Crippen LogP contribution in [0.4, 0.5) is 4.39 Å². The topological polar surface area (TPSA) is 98.6 Å². The molecule has 0 aliphatic heterocycles. The molecule has 0 spiro atoms. The lowest BCUT2D eigenvalue weighted by atomic mass is 10.1. The number of ether oxygens (including phenoxy) is 1. The van der Waals surface area contributed by atoms with Gasteiger partial charge in [-0.3, -0.25) is 4.79 Å². The summed E-state index contributed by atoms with van der Waals surface area (Å²) in [5.74, 6) is 0.727. The van der Waals surface area contributed by atoms with E-state index in [0.29, 0.717) is 33.4 Å². The van der Waals surface area contributed by atoms with Crippen molar-refractivity contribution in [1.29, 1.82) is 0 Å². The van der Waals surface area contributed by atoms with E-state index in [0.717, 1.165) is 0 Å². The number of benzene rings is 3. The molecular weight excluding hydrogens is 415 g/mol. The quantitative estimate of drug-likeness (QED) is 0.422. The number of rotatable bonds is 5. The predicted molar refractivity (Wildman–Crippen MR) is 114 cm³/mol. The van der Waals surface area contributed by atoms with Crippen LogP contribution in [-0.2, 0) is 6.61 Å². The second-order valence-corrected chi connectivity index (χ2v) is 6.98. The number of phenols is 1. The third kappa shape index (κ3) is 3.81. The van der Waals surface area contributed by atoms with Crippen molar-refractivity contribution in [2.24, 2.45) is 0 Å². The van der Waals surface area contributed by atoms with Crippen LogP contribution >= 0.6 is 0 Å². The first kappa shape index (κ1) is 19.5. The van der Waals surface area contributed by atoms with Crippen molar-refractivity contribution in [2.75, 3.05) is 0 Å². The van der Waals surface area contributed by atoms with Gasteiger partial charge in [0.2, 0.25) is 5.89 Å². The molecule has 5 aromatic rings. The Morgan fingerprint density at radius 2 is 1.69 bits per heavy atom. The highest BCUT2D eigenvalue weighted by atomic mass is 19.1. The highest BCUT2D eigenvalue weighted by Crippen LogP contribution is 2.25. The Morgan fingerprint density at radius 1 is 0.938 bits per heavy atom. The number of hydrogen-bond donors (Lipinski definition) is 1. The Morgan fingerprint density at radius 3 is 2.47 bits per heavy atom. The van der Waals surface area contributed by atoms with Gasteiger partial charge >= 0.3 is 0 Å². The zero-order valence-electron chi connectivity index (χ0n) is 16.5. The van der Waals surface area contributed by atoms with E-state index in [1.807, 2.05) is 0 Å². The molecule has 0 aliphatic rings. The van der Waals surface area contributed by atoms with E-state index in [-0.39, 0.29) is 35.4 Å². The van der Waals surface area contributed by atoms with E-state index < -0.39 is 0 Å². The monoisotopic (exact) mass is 430 g/mol. The first-order valence-corrected chi connectivity index (χ1v) is 9.63. The van der Waals surface area contributed by atoms with Crippen molar-refractivity contribution in [3.63, 3.8) is 0 Å². The Balaban J connectivity index is 1.34. The minimum absolute atomic E-state index is 0.00945. The average Bonchev–Trinajstić information content (AvgIpc) is 3.28. The van der Waals surface area contributed by atoms with Crippen LogP contribution in [0.25, 0.3) is 33.6 Å². The smallest absolute Gasteiger partial charge is 0.254 e. The fourth-order valence-electron chi connectivity index (χ4n) is 3.20. The van der Waals surface area contributed by atoms with E-state index in [4.69, 9.17) is 13.6 Å². The van der Waals surface area contributed by atoms with E-state index in [2.05, 4.69) is 10.2 Å². The zero-order valence-corrected chi connectivity index (χ0v) is 16.5. The molecule has 158 valence electrons. The summed E-state index contributed by atoms with van der Waals surface area (Å²) in [4.78, 5) is 12.8. The van der Waals surface area contributed by atoms with Crippen LogP contribution in [0.2, 0.25) is 0 Å². The molecule has 0 amide bonds. The van der Waals surface area contributed by atoms with Crippen LogP contribution in [0.1, 0.15) is 5.89 Å². The minimum Gasteiger partial charge on any atom is -0.508 e. The molecule has 0 saturated heterocycles. The zero-order chi connectivity index (χ0) is 22.1. The largest absolute Gasteiger partial charge is 0.508 e. The molecule has 1 N–H and O–H groups in total.